The highest BCUT2D eigenvalue weighted by Crippen LogP contribution is 2.42. The van der Waals surface area contributed by atoms with E-state index < -0.39 is 0 Å². The van der Waals surface area contributed by atoms with Crippen LogP contribution in [0.15, 0.2) is 107 Å². The summed E-state index contributed by atoms with van der Waals surface area (Å²) in [5, 5.41) is 3.05. The lowest BCUT2D eigenvalue weighted by atomic mass is 10.0. The van der Waals surface area contributed by atoms with Crippen LogP contribution in [0.4, 0.5) is 5.69 Å². The number of thioether (sulfide) groups is 1. The lowest BCUT2D eigenvalue weighted by Gasteiger charge is -2.31. The van der Waals surface area contributed by atoms with E-state index in [0.29, 0.717) is 17.0 Å². The van der Waals surface area contributed by atoms with E-state index >= 15 is 0 Å². The zero-order valence-electron chi connectivity index (χ0n) is 21.8. The van der Waals surface area contributed by atoms with Crippen molar-refractivity contribution in [2.75, 3.05) is 4.90 Å². The number of benzene rings is 4. The third-order valence-electron chi connectivity index (χ3n) is 6.78. The molecule has 1 aliphatic rings. The van der Waals surface area contributed by atoms with Crippen LogP contribution in [0, 0.1) is 13.8 Å². The fourth-order valence-electron chi connectivity index (χ4n) is 4.55. The molecule has 0 aliphatic carbocycles. The van der Waals surface area contributed by atoms with Crippen LogP contribution in [0.25, 0.3) is 6.08 Å². The summed E-state index contributed by atoms with van der Waals surface area (Å²) < 4.78 is 0. The first kappa shape index (κ1) is 25.6. The Labute approximate surface area is 228 Å². The molecule has 0 spiro atoms. The lowest BCUT2D eigenvalue weighted by Crippen LogP contribution is -2.34. The maximum absolute atomic E-state index is 13.7. The first-order valence-electron chi connectivity index (χ1n) is 12.7. The Kier molecular flexibility index (Phi) is 7.47. The van der Waals surface area contributed by atoms with Gasteiger partial charge in [0, 0.05) is 10.5 Å². The Morgan fingerprint density at radius 3 is 2.39 bits per heavy atom. The number of aryl methyl sites for hydroxylation is 2. The Morgan fingerprint density at radius 2 is 1.63 bits per heavy atom. The summed E-state index contributed by atoms with van der Waals surface area (Å²) in [6.07, 6.45) is 1.91. The molecule has 1 atom stereocenters. The van der Waals surface area contributed by atoms with Crippen LogP contribution in [-0.2, 0) is 11.3 Å². The number of nitrogens with one attached hydrogen (secondary N) is 1. The Morgan fingerprint density at radius 1 is 0.921 bits per heavy atom. The highest BCUT2D eigenvalue weighted by Gasteiger charge is 2.29. The number of carbonyl (C=O) groups is 2. The van der Waals surface area contributed by atoms with Gasteiger partial charge in [-0.1, -0.05) is 90.1 Å². The number of hydrogen-bond donors (Lipinski definition) is 1. The summed E-state index contributed by atoms with van der Waals surface area (Å²) in [6.45, 7) is 6.64. The number of rotatable bonds is 6. The molecule has 0 saturated carbocycles. The Hall–Kier alpha value is -4.09. The molecule has 4 aromatic rings. The molecule has 0 radical (unpaired) electrons. The predicted molar refractivity (Wildman–Crippen MR) is 156 cm³/mol. The van der Waals surface area contributed by atoms with Crippen LogP contribution < -0.4 is 10.2 Å². The van der Waals surface area contributed by atoms with Crippen molar-refractivity contribution in [1.82, 2.24) is 5.32 Å². The zero-order chi connectivity index (χ0) is 26.6. The average molecular weight is 519 g/mol. The van der Waals surface area contributed by atoms with Gasteiger partial charge in [-0.05, 0) is 73.4 Å². The van der Waals surface area contributed by atoms with E-state index in [1.165, 1.54) is 22.9 Å². The van der Waals surface area contributed by atoms with E-state index in [-0.39, 0.29) is 17.9 Å². The molecule has 0 saturated heterocycles. The van der Waals surface area contributed by atoms with E-state index in [1.807, 2.05) is 78.6 Å². The number of nitrogens with zero attached hydrogens (tertiary/aromatic N) is 1. The van der Waals surface area contributed by atoms with E-state index in [4.69, 9.17) is 0 Å². The highest BCUT2D eigenvalue weighted by molar-refractivity contribution is 8.04. The molecule has 4 aromatic carbocycles. The quantitative estimate of drug-likeness (QED) is 0.269. The number of amides is 2. The first-order valence-corrected chi connectivity index (χ1v) is 13.5. The first-order chi connectivity index (χ1) is 18.4. The van der Waals surface area contributed by atoms with E-state index in [2.05, 4.69) is 43.4 Å². The minimum atomic E-state index is -0.127. The highest BCUT2D eigenvalue weighted by atomic mass is 32.2. The van der Waals surface area contributed by atoms with Crippen LogP contribution in [0.2, 0.25) is 0 Å². The van der Waals surface area contributed by atoms with Gasteiger partial charge < -0.3 is 10.2 Å². The van der Waals surface area contributed by atoms with Crippen molar-refractivity contribution in [2.45, 2.75) is 38.3 Å². The SMILES string of the molecule is Cc1ccc(C)c(CN2C(=O)C(=Cc3ccc(C(=O)NC(C)c4ccccc4)cc3)Sc3ccccc32)c1. The van der Waals surface area contributed by atoms with E-state index in [0.717, 1.165) is 27.3 Å². The summed E-state index contributed by atoms with van der Waals surface area (Å²) in [4.78, 5) is 30.1. The topological polar surface area (TPSA) is 49.4 Å². The molecule has 38 heavy (non-hydrogen) atoms. The Balaban J connectivity index is 1.37. The number of para-hydroxylation sites is 1. The van der Waals surface area contributed by atoms with Gasteiger partial charge in [-0.3, -0.25) is 9.59 Å². The molecule has 1 heterocycles. The number of fused-ring (bicyclic) bond motifs is 1. The molecule has 0 fully saturated rings. The molecule has 0 aromatic heterocycles. The molecular formula is C33H30N2O2S. The summed E-state index contributed by atoms with van der Waals surface area (Å²) in [5.74, 6) is -0.148. The molecular weight excluding hydrogens is 488 g/mol. The van der Waals surface area contributed by atoms with Gasteiger partial charge in [0.1, 0.15) is 0 Å². The molecule has 5 rings (SSSR count). The summed E-state index contributed by atoms with van der Waals surface area (Å²) in [6, 6.07) is 31.6. The van der Waals surface area contributed by atoms with E-state index in [1.54, 1.807) is 12.1 Å². The van der Waals surface area contributed by atoms with Crippen LogP contribution >= 0.6 is 11.8 Å². The molecule has 1 aliphatic heterocycles. The smallest absolute Gasteiger partial charge is 0.265 e. The second kappa shape index (κ2) is 11.1. The van der Waals surface area contributed by atoms with Gasteiger partial charge >= 0.3 is 0 Å². The van der Waals surface area contributed by atoms with Crippen molar-refractivity contribution in [3.63, 3.8) is 0 Å². The molecule has 4 nitrogen and oxygen atoms in total. The minimum Gasteiger partial charge on any atom is -0.346 e. The number of carbonyl (C=O) groups excluding carboxylic acids is 2. The van der Waals surface area contributed by atoms with Crippen LogP contribution in [0.5, 0.6) is 0 Å². The van der Waals surface area contributed by atoms with Gasteiger partial charge in [0.25, 0.3) is 11.8 Å². The van der Waals surface area contributed by atoms with Crippen LogP contribution in [0.3, 0.4) is 0 Å². The third-order valence-corrected chi connectivity index (χ3v) is 7.86. The van der Waals surface area contributed by atoms with Crippen molar-refractivity contribution in [1.29, 1.82) is 0 Å². The minimum absolute atomic E-state index is 0.0203. The predicted octanol–water partition coefficient (Wildman–Crippen LogP) is 7.47. The fraction of sp³-hybridized carbons (Fsp3) is 0.152. The maximum Gasteiger partial charge on any atom is 0.265 e. The largest absolute Gasteiger partial charge is 0.346 e. The fourth-order valence-corrected chi connectivity index (χ4v) is 5.61. The van der Waals surface area contributed by atoms with Gasteiger partial charge in [-0.25, -0.2) is 0 Å². The standard InChI is InChI=1S/C33H30N2O2S/c1-22-13-14-23(2)28(19-22)21-35-29-11-7-8-12-30(29)38-31(33(35)37)20-25-15-17-27(18-16-25)32(36)34-24(3)26-9-5-4-6-10-26/h4-20,24H,21H2,1-3H3,(H,34,36). The average Bonchev–Trinajstić information content (AvgIpc) is 2.93. The third kappa shape index (κ3) is 5.58. The van der Waals surface area contributed by atoms with Gasteiger partial charge in [-0.15, -0.1) is 0 Å². The second-order valence-corrected chi connectivity index (χ2v) is 10.7. The van der Waals surface area contributed by atoms with Crippen LogP contribution in [-0.4, -0.2) is 11.8 Å². The van der Waals surface area contributed by atoms with Crippen molar-refractivity contribution in [3.8, 4) is 0 Å². The zero-order valence-corrected chi connectivity index (χ0v) is 22.6. The van der Waals surface area contributed by atoms with Crippen molar-refractivity contribution >= 4 is 35.3 Å². The van der Waals surface area contributed by atoms with Gasteiger partial charge in [0.05, 0.1) is 23.2 Å². The van der Waals surface area contributed by atoms with Crippen LogP contribution in [0.1, 0.15) is 51.1 Å². The molecule has 1 N–H and O–H groups in total. The van der Waals surface area contributed by atoms with Gasteiger partial charge in [0.15, 0.2) is 0 Å². The van der Waals surface area contributed by atoms with Gasteiger partial charge in [0.2, 0.25) is 0 Å². The molecule has 190 valence electrons. The number of anilines is 1. The monoisotopic (exact) mass is 518 g/mol. The Bertz CT molecular complexity index is 1510. The van der Waals surface area contributed by atoms with Gasteiger partial charge in [-0.2, -0.15) is 0 Å². The van der Waals surface area contributed by atoms with Crippen molar-refractivity contribution in [2.24, 2.45) is 0 Å². The van der Waals surface area contributed by atoms with Crippen molar-refractivity contribution < 1.29 is 9.59 Å². The normalized spacial score (nSPS) is 14.8. The summed E-state index contributed by atoms with van der Waals surface area (Å²) in [7, 11) is 0. The number of hydrogen-bond acceptors (Lipinski definition) is 3. The lowest BCUT2D eigenvalue weighted by molar-refractivity contribution is -0.114. The molecule has 5 heteroatoms. The summed E-state index contributed by atoms with van der Waals surface area (Å²) >= 11 is 1.49. The molecule has 1 unspecified atom stereocenters. The second-order valence-electron chi connectivity index (χ2n) is 9.63. The maximum atomic E-state index is 13.7. The van der Waals surface area contributed by atoms with Crippen molar-refractivity contribution in [3.05, 3.63) is 135 Å². The van der Waals surface area contributed by atoms with E-state index in [9.17, 15) is 9.59 Å². The summed E-state index contributed by atoms with van der Waals surface area (Å²) in [5.41, 5.74) is 6.93. The molecule has 0 bridgehead atoms. The molecule has 2 amide bonds.